The number of aliphatic carboxylic acids is 1. The van der Waals surface area contributed by atoms with Gasteiger partial charge in [0.2, 0.25) is 5.91 Å². The number of carboxylic acid groups (broad SMARTS) is 1. The van der Waals surface area contributed by atoms with Crippen LogP contribution in [0, 0.1) is 0 Å². The van der Waals surface area contributed by atoms with Crippen LogP contribution in [0.1, 0.15) is 19.3 Å². The molecule has 1 aliphatic heterocycles. The fourth-order valence-corrected chi connectivity index (χ4v) is 1.37. The Morgan fingerprint density at radius 2 is 2.00 bits per heavy atom. The van der Waals surface area contributed by atoms with E-state index >= 15 is 0 Å². The van der Waals surface area contributed by atoms with E-state index in [4.69, 9.17) is 9.84 Å². The van der Waals surface area contributed by atoms with E-state index in [0.29, 0.717) is 26.3 Å². The van der Waals surface area contributed by atoms with Crippen LogP contribution in [0.15, 0.2) is 0 Å². The molecule has 0 aromatic heterocycles. The molecular weight excluding hydrogens is 186 g/mol. The van der Waals surface area contributed by atoms with E-state index in [9.17, 15) is 9.59 Å². The number of carbonyl (C=O) groups is 2. The zero-order chi connectivity index (χ0) is 10.4. The van der Waals surface area contributed by atoms with Crippen molar-refractivity contribution in [1.29, 1.82) is 0 Å². The first-order valence-corrected chi connectivity index (χ1v) is 4.77. The highest BCUT2D eigenvalue weighted by Crippen LogP contribution is 2.03. The lowest BCUT2D eigenvalue weighted by molar-refractivity contribution is -0.140. The Kier molecular flexibility index (Phi) is 4.39. The fourth-order valence-electron chi connectivity index (χ4n) is 1.37. The second-order valence-corrected chi connectivity index (χ2v) is 3.24. The van der Waals surface area contributed by atoms with Crippen LogP contribution in [0.5, 0.6) is 0 Å². The van der Waals surface area contributed by atoms with Gasteiger partial charge in [0.15, 0.2) is 0 Å². The molecular formula is C9H15NO4. The lowest BCUT2D eigenvalue weighted by atomic mass is 10.2. The van der Waals surface area contributed by atoms with E-state index < -0.39 is 5.97 Å². The van der Waals surface area contributed by atoms with Crippen molar-refractivity contribution in [2.75, 3.05) is 26.3 Å². The number of hydrogen-bond acceptors (Lipinski definition) is 3. The molecule has 1 amide bonds. The normalized spacial score (nSPS) is 17.6. The highest BCUT2D eigenvalue weighted by Gasteiger charge is 2.16. The van der Waals surface area contributed by atoms with Crippen molar-refractivity contribution in [2.24, 2.45) is 0 Å². The third-order valence-corrected chi connectivity index (χ3v) is 2.13. The molecule has 1 aliphatic rings. The van der Waals surface area contributed by atoms with Gasteiger partial charge in [0, 0.05) is 26.1 Å². The molecule has 0 aromatic rings. The van der Waals surface area contributed by atoms with Gasteiger partial charge in [0.1, 0.15) is 0 Å². The Morgan fingerprint density at radius 1 is 1.21 bits per heavy atom. The van der Waals surface area contributed by atoms with Gasteiger partial charge in [-0.1, -0.05) is 0 Å². The molecule has 0 spiro atoms. The van der Waals surface area contributed by atoms with Crippen molar-refractivity contribution in [3.63, 3.8) is 0 Å². The van der Waals surface area contributed by atoms with Crippen LogP contribution in [0.3, 0.4) is 0 Å². The molecule has 0 saturated carbocycles. The third kappa shape index (κ3) is 3.74. The van der Waals surface area contributed by atoms with Gasteiger partial charge < -0.3 is 14.7 Å². The fraction of sp³-hybridized carbons (Fsp3) is 0.778. The van der Waals surface area contributed by atoms with Gasteiger partial charge in [-0.05, 0) is 6.42 Å². The van der Waals surface area contributed by atoms with Crippen LogP contribution >= 0.6 is 0 Å². The molecule has 0 radical (unpaired) electrons. The highest BCUT2D eigenvalue weighted by atomic mass is 16.5. The Bertz CT molecular complexity index is 209. The monoisotopic (exact) mass is 201 g/mol. The number of nitrogens with zero attached hydrogens (tertiary/aromatic N) is 1. The lowest BCUT2D eigenvalue weighted by Gasteiger charge is -2.18. The van der Waals surface area contributed by atoms with Gasteiger partial charge in [-0.3, -0.25) is 9.59 Å². The maximum atomic E-state index is 11.5. The summed E-state index contributed by atoms with van der Waals surface area (Å²) in [6, 6.07) is 0. The van der Waals surface area contributed by atoms with Crippen molar-refractivity contribution >= 4 is 11.9 Å². The van der Waals surface area contributed by atoms with Gasteiger partial charge >= 0.3 is 5.97 Å². The van der Waals surface area contributed by atoms with Crippen LogP contribution in [0.2, 0.25) is 0 Å². The highest BCUT2D eigenvalue weighted by molar-refractivity contribution is 5.80. The topological polar surface area (TPSA) is 66.8 Å². The number of hydrogen-bond donors (Lipinski definition) is 1. The van der Waals surface area contributed by atoms with Gasteiger partial charge in [0.25, 0.3) is 0 Å². The van der Waals surface area contributed by atoms with Crippen LogP contribution in [0.25, 0.3) is 0 Å². The van der Waals surface area contributed by atoms with Crippen LogP contribution in [-0.2, 0) is 14.3 Å². The zero-order valence-electron chi connectivity index (χ0n) is 8.07. The van der Waals surface area contributed by atoms with E-state index in [-0.39, 0.29) is 18.7 Å². The SMILES string of the molecule is O=C(O)CCC(=O)N1CCCOCC1. The largest absolute Gasteiger partial charge is 0.481 e. The molecule has 5 nitrogen and oxygen atoms in total. The summed E-state index contributed by atoms with van der Waals surface area (Å²) in [6.45, 7) is 2.50. The quantitative estimate of drug-likeness (QED) is 0.703. The minimum atomic E-state index is -0.926. The van der Waals surface area contributed by atoms with Gasteiger partial charge in [0.05, 0.1) is 13.0 Å². The number of amides is 1. The molecule has 0 bridgehead atoms. The Morgan fingerprint density at radius 3 is 2.71 bits per heavy atom. The molecule has 0 atom stereocenters. The Labute approximate surface area is 82.6 Å². The maximum absolute atomic E-state index is 11.5. The first-order valence-electron chi connectivity index (χ1n) is 4.77. The van der Waals surface area contributed by atoms with Gasteiger partial charge in [-0.25, -0.2) is 0 Å². The second-order valence-electron chi connectivity index (χ2n) is 3.24. The minimum absolute atomic E-state index is 0.0853. The van der Waals surface area contributed by atoms with Crippen LogP contribution in [0.4, 0.5) is 0 Å². The second kappa shape index (κ2) is 5.59. The molecule has 1 saturated heterocycles. The molecule has 0 unspecified atom stereocenters. The molecule has 0 aliphatic carbocycles. The first-order chi connectivity index (χ1) is 6.70. The summed E-state index contributed by atoms with van der Waals surface area (Å²) in [6.07, 6.45) is 0.838. The summed E-state index contributed by atoms with van der Waals surface area (Å²) in [5.74, 6) is -1.01. The van der Waals surface area contributed by atoms with Crippen molar-refractivity contribution in [2.45, 2.75) is 19.3 Å². The lowest BCUT2D eigenvalue weighted by Crippen LogP contribution is -2.33. The van der Waals surface area contributed by atoms with Crippen molar-refractivity contribution in [3.8, 4) is 0 Å². The summed E-state index contributed by atoms with van der Waals surface area (Å²) in [4.78, 5) is 23.4. The maximum Gasteiger partial charge on any atom is 0.303 e. The summed E-state index contributed by atoms with van der Waals surface area (Å²) < 4.78 is 5.19. The predicted molar refractivity (Wildman–Crippen MR) is 48.9 cm³/mol. The average molecular weight is 201 g/mol. The van der Waals surface area contributed by atoms with Crippen molar-refractivity contribution < 1.29 is 19.4 Å². The summed E-state index contributed by atoms with van der Waals surface area (Å²) in [5.41, 5.74) is 0. The van der Waals surface area contributed by atoms with Crippen LogP contribution in [-0.4, -0.2) is 48.2 Å². The van der Waals surface area contributed by atoms with E-state index in [1.165, 1.54) is 0 Å². The molecule has 1 N–H and O–H groups in total. The molecule has 1 heterocycles. The van der Waals surface area contributed by atoms with Gasteiger partial charge in [-0.15, -0.1) is 0 Å². The van der Waals surface area contributed by atoms with Crippen LogP contribution < -0.4 is 0 Å². The summed E-state index contributed by atoms with van der Waals surface area (Å²) in [5, 5.41) is 8.42. The standard InChI is InChI=1S/C9H15NO4/c11-8(2-3-9(12)13)10-4-1-6-14-7-5-10/h1-7H2,(H,12,13). The van der Waals surface area contributed by atoms with Crippen molar-refractivity contribution in [3.05, 3.63) is 0 Å². The molecule has 5 heteroatoms. The molecule has 80 valence electrons. The molecule has 14 heavy (non-hydrogen) atoms. The Balaban J connectivity index is 2.30. The summed E-state index contributed by atoms with van der Waals surface area (Å²) >= 11 is 0. The summed E-state index contributed by atoms with van der Waals surface area (Å²) in [7, 11) is 0. The predicted octanol–water partition coefficient (Wildman–Crippen LogP) is 0.100. The zero-order valence-corrected chi connectivity index (χ0v) is 8.07. The van der Waals surface area contributed by atoms with E-state index in [1.807, 2.05) is 0 Å². The molecule has 1 rings (SSSR count). The van der Waals surface area contributed by atoms with E-state index in [2.05, 4.69) is 0 Å². The molecule has 1 fully saturated rings. The minimum Gasteiger partial charge on any atom is -0.481 e. The number of carbonyl (C=O) groups excluding carboxylic acids is 1. The van der Waals surface area contributed by atoms with Gasteiger partial charge in [-0.2, -0.15) is 0 Å². The molecule has 0 aromatic carbocycles. The first kappa shape index (κ1) is 11.0. The Hall–Kier alpha value is -1.10. The smallest absolute Gasteiger partial charge is 0.303 e. The number of rotatable bonds is 3. The number of carboxylic acids is 1. The number of ether oxygens (including phenoxy) is 1. The van der Waals surface area contributed by atoms with E-state index in [0.717, 1.165) is 6.42 Å². The average Bonchev–Trinajstić information content (AvgIpc) is 2.42. The van der Waals surface area contributed by atoms with E-state index in [1.54, 1.807) is 4.90 Å². The third-order valence-electron chi connectivity index (χ3n) is 2.13. The van der Waals surface area contributed by atoms with Crippen molar-refractivity contribution in [1.82, 2.24) is 4.90 Å².